The van der Waals surface area contributed by atoms with Crippen LogP contribution in [0.1, 0.15) is 66.2 Å². The van der Waals surface area contributed by atoms with E-state index in [0.29, 0.717) is 12.8 Å². The summed E-state index contributed by atoms with van der Waals surface area (Å²) < 4.78 is 5.19. The number of carbonyl (C=O) groups is 2. The van der Waals surface area contributed by atoms with Crippen LogP contribution in [-0.4, -0.2) is 17.4 Å². The molecule has 0 rings (SSSR count). The summed E-state index contributed by atoms with van der Waals surface area (Å²) in [6.07, 6.45) is 4.94. The zero-order valence-corrected chi connectivity index (χ0v) is 11.0. The molecule has 0 aliphatic carbocycles. The van der Waals surface area contributed by atoms with E-state index in [1.807, 2.05) is 20.8 Å². The minimum absolute atomic E-state index is 0.126. The molecule has 16 heavy (non-hydrogen) atoms. The van der Waals surface area contributed by atoms with Gasteiger partial charge in [-0.1, -0.05) is 12.8 Å². The van der Waals surface area contributed by atoms with Crippen LogP contribution in [0.3, 0.4) is 0 Å². The number of unbranched alkanes of at least 4 members (excludes halogenated alkanes) is 3. The van der Waals surface area contributed by atoms with E-state index < -0.39 is 0 Å². The van der Waals surface area contributed by atoms with Crippen LogP contribution in [-0.2, 0) is 14.3 Å². The Morgan fingerprint density at radius 2 is 1.44 bits per heavy atom. The summed E-state index contributed by atoms with van der Waals surface area (Å²) in [5.41, 5.74) is -0.383. The molecule has 94 valence electrons. The minimum atomic E-state index is -0.383. The maximum atomic E-state index is 11.3. The lowest BCUT2D eigenvalue weighted by Gasteiger charge is -2.19. The van der Waals surface area contributed by atoms with Gasteiger partial charge in [-0.15, -0.1) is 0 Å². The van der Waals surface area contributed by atoms with Crippen LogP contribution in [0, 0.1) is 0 Å². The van der Waals surface area contributed by atoms with Gasteiger partial charge in [0.05, 0.1) is 0 Å². The third-order valence-electron chi connectivity index (χ3n) is 2.08. The summed E-state index contributed by atoms with van der Waals surface area (Å²) in [6.45, 7) is 7.23. The first kappa shape index (κ1) is 15.1. The Morgan fingerprint density at radius 1 is 0.938 bits per heavy atom. The van der Waals surface area contributed by atoms with Crippen LogP contribution in [0.5, 0.6) is 0 Å². The van der Waals surface area contributed by atoms with E-state index in [2.05, 4.69) is 0 Å². The van der Waals surface area contributed by atoms with E-state index in [-0.39, 0.29) is 17.4 Å². The molecule has 0 spiro atoms. The molecule has 0 aromatic carbocycles. The van der Waals surface area contributed by atoms with Crippen molar-refractivity contribution in [2.45, 2.75) is 71.8 Å². The van der Waals surface area contributed by atoms with Gasteiger partial charge in [0.2, 0.25) is 0 Å². The Labute approximate surface area is 98.6 Å². The van der Waals surface area contributed by atoms with Crippen molar-refractivity contribution in [3.63, 3.8) is 0 Å². The van der Waals surface area contributed by atoms with Gasteiger partial charge in [0.25, 0.3) is 0 Å². The van der Waals surface area contributed by atoms with E-state index in [4.69, 9.17) is 4.74 Å². The van der Waals surface area contributed by atoms with E-state index in [9.17, 15) is 9.59 Å². The van der Waals surface area contributed by atoms with Crippen molar-refractivity contribution in [2.75, 3.05) is 0 Å². The zero-order valence-electron chi connectivity index (χ0n) is 11.0. The first-order valence-electron chi connectivity index (χ1n) is 6.02. The lowest BCUT2D eigenvalue weighted by atomic mass is 10.1. The lowest BCUT2D eigenvalue weighted by Crippen LogP contribution is -2.23. The number of Topliss-reactive ketones (excluding diaryl/α,β-unsaturated/α-hetero) is 1. The number of hydrogen-bond acceptors (Lipinski definition) is 3. The molecule has 3 heteroatoms. The summed E-state index contributed by atoms with van der Waals surface area (Å²) in [5.74, 6) is 0.117. The molecule has 0 aliphatic heterocycles. The number of esters is 1. The highest BCUT2D eigenvalue weighted by atomic mass is 16.6. The van der Waals surface area contributed by atoms with Gasteiger partial charge in [-0.3, -0.25) is 4.79 Å². The third kappa shape index (κ3) is 11.2. The maximum Gasteiger partial charge on any atom is 0.306 e. The molecule has 0 aliphatic rings. The second-order valence-electron chi connectivity index (χ2n) is 5.20. The molecule has 0 unspecified atom stereocenters. The smallest absolute Gasteiger partial charge is 0.306 e. The summed E-state index contributed by atoms with van der Waals surface area (Å²) in [5, 5.41) is 0. The fourth-order valence-corrected chi connectivity index (χ4v) is 1.39. The Hall–Kier alpha value is -0.860. The topological polar surface area (TPSA) is 43.4 Å². The Bertz CT molecular complexity index is 226. The van der Waals surface area contributed by atoms with Crippen molar-refractivity contribution < 1.29 is 14.3 Å². The molecule has 0 atom stereocenters. The minimum Gasteiger partial charge on any atom is -0.460 e. The van der Waals surface area contributed by atoms with E-state index >= 15 is 0 Å². The molecular weight excluding hydrogens is 204 g/mol. The average molecular weight is 228 g/mol. The van der Waals surface area contributed by atoms with Gasteiger partial charge in [0.15, 0.2) is 0 Å². The molecular formula is C13H24O3. The van der Waals surface area contributed by atoms with Crippen LogP contribution in [0.4, 0.5) is 0 Å². The predicted octanol–water partition coefficient (Wildman–Crippen LogP) is 3.26. The van der Waals surface area contributed by atoms with Crippen LogP contribution in [0.2, 0.25) is 0 Å². The molecule has 0 aromatic rings. The van der Waals surface area contributed by atoms with E-state index in [0.717, 1.165) is 25.7 Å². The zero-order chi connectivity index (χ0) is 12.6. The van der Waals surface area contributed by atoms with Gasteiger partial charge in [-0.05, 0) is 40.5 Å². The van der Waals surface area contributed by atoms with E-state index in [1.165, 1.54) is 0 Å². The molecule has 0 fully saturated rings. The van der Waals surface area contributed by atoms with Crippen molar-refractivity contribution in [3.05, 3.63) is 0 Å². The van der Waals surface area contributed by atoms with Crippen molar-refractivity contribution >= 4 is 11.8 Å². The Kier molecular flexibility index (Phi) is 7.02. The summed E-state index contributed by atoms with van der Waals surface area (Å²) in [6, 6.07) is 0. The molecule has 3 nitrogen and oxygen atoms in total. The van der Waals surface area contributed by atoms with Crippen LogP contribution in [0.25, 0.3) is 0 Å². The fourth-order valence-electron chi connectivity index (χ4n) is 1.39. The molecule has 0 amide bonds. The normalized spacial score (nSPS) is 11.2. The average Bonchev–Trinajstić information content (AvgIpc) is 2.07. The van der Waals surface area contributed by atoms with Gasteiger partial charge >= 0.3 is 5.97 Å². The molecule has 0 radical (unpaired) electrons. The number of ketones is 1. The SMILES string of the molecule is CC(=O)CCCCCCC(=O)OC(C)(C)C. The van der Waals surface area contributed by atoms with Gasteiger partial charge in [0, 0.05) is 12.8 Å². The largest absolute Gasteiger partial charge is 0.460 e. The Balaban J connectivity index is 3.38. The monoisotopic (exact) mass is 228 g/mol. The Morgan fingerprint density at radius 3 is 1.88 bits per heavy atom. The van der Waals surface area contributed by atoms with Crippen molar-refractivity contribution in [1.29, 1.82) is 0 Å². The molecule has 0 aromatic heterocycles. The predicted molar refractivity (Wildman–Crippen MR) is 64.2 cm³/mol. The van der Waals surface area contributed by atoms with Gasteiger partial charge in [-0.2, -0.15) is 0 Å². The fraction of sp³-hybridized carbons (Fsp3) is 0.846. The van der Waals surface area contributed by atoms with Crippen molar-refractivity contribution in [3.8, 4) is 0 Å². The number of hydrogen-bond donors (Lipinski definition) is 0. The van der Waals surface area contributed by atoms with Crippen molar-refractivity contribution in [1.82, 2.24) is 0 Å². The van der Waals surface area contributed by atoms with Crippen LogP contribution >= 0.6 is 0 Å². The highest BCUT2D eigenvalue weighted by molar-refractivity contribution is 5.75. The van der Waals surface area contributed by atoms with E-state index in [1.54, 1.807) is 6.92 Å². The number of carbonyl (C=O) groups excluding carboxylic acids is 2. The first-order chi connectivity index (χ1) is 7.31. The first-order valence-corrected chi connectivity index (χ1v) is 6.02. The number of ether oxygens (including phenoxy) is 1. The van der Waals surface area contributed by atoms with Gasteiger partial charge < -0.3 is 9.53 Å². The molecule has 0 saturated heterocycles. The molecule has 0 saturated carbocycles. The highest BCUT2D eigenvalue weighted by Gasteiger charge is 2.15. The molecule has 0 heterocycles. The second kappa shape index (κ2) is 7.42. The van der Waals surface area contributed by atoms with Gasteiger partial charge in [-0.25, -0.2) is 0 Å². The number of rotatable bonds is 7. The van der Waals surface area contributed by atoms with Crippen LogP contribution < -0.4 is 0 Å². The maximum absolute atomic E-state index is 11.3. The van der Waals surface area contributed by atoms with Crippen LogP contribution in [0.15, 0.2) is 0 Å². The molecule has 0 N–H and O–H groups in total. The molecule has 0 bridgehead atoms. The van der Waals surface area contributed by atoms with Gasteiger partial charge in [0.1, 0.15) is 11.4 Å². The third-order valence-corrected chi connectivity index (χ3v) is 2.08. The summed E-state index contributed by atoms with van der Waals surface area (Å²) >= 11 is 0. The standard InChI is InChI=1S/C13H24O3/c1-11(14)9-7-5-6-8-10-12(15)16-13(2,3)4/h5-10H2,1-4H3. The quantitative estimate of drug-likeness (QED) is 0.496. The summed E-state index contributed by atoms with van der Waals surface area (Å²) in [4.78, 5) is 22.0. The van der Waals surface area contributed by atoms with Crippen molar-refractivity contribution in [2.24, 2.45) is 0 Å². The second-order valence-corrected chi connectivity index (χ2v) is 5.20. The highest BCUT2D eigenvalue weighted by Crippen LogP contribution is 2.11. The lowest BCUT2D eigenvalue weighted by molar-refractivity contribution is -0.154. The summed E-state index contributed by atoms with van der Waals surface area (Å²) in [7, 11) is 0.